The lowest BCUT2D eigenvalue weighted by molar-refractivity contribution is 0.414. The van der Waals surface area contributed by atoms with E-state index in [9.17, 15) is 0 Å². The Balaban J connectivity index is 2.78. The summed E-state index contributed by atoms with van der Waals surface area (Å²) in [5.74, 6) is 0.828. The van der Waals surface area contributed by atoms with Gasteiger partial charge in [0.05, 0.1) is 7.11 Å². The van der Waals surface area contributed by atoms with Gasteiger partial charge < -0.3 is 10.5 Å². The Morgan fingerprint density at radius 2 is 2.00 bits per heavy atom. The Kier molecular flexibility index (Phi) is 2.93. The van der Waals surface area contributed by atoms with Gasteiger partial charge in [-0.15, -0.1) is 0 Å². The molecule has 0 aliphatic rings. The molecule has 0 saturated carbocycles. The van der Waals surface area contributed by atoms with Gasteiger partial charge in [0.2, 0.25) is 0 Å². The molecule has 2 N–H and O–H groups in total. The van der Waals surface area contributed by atoms with Crippen LogP contribution in [0.4, 0.5) is 0 Å². The Morgan fingerprint density at radius 3 is 2.69 bits per heavy atom. The van der Waals surface area contributed by atoms with Crippen LogP contribution in [0.5, 0.6) is 5.75 Å². The molecule has 16 heavy (non-hydrogen) atoms. The van der Waals surface area contributed by atoms with E-state index in [1.165, 1.54) is 5.39 Å². The molecular formula is C14H15NO. The van der Waals surface area contributed by atoms with Crippen LogP contribution in [-0.2, 0) is 0 Å². The number of benzene rings is 2. The minimum absolute atomic E-state index is 0.435. The van der Waals surface area contributed by atoms with Gasteiger partial charge in [-0.25, -0.2) is 0 Å². The van der Waals surface area contributed by atoms with Crippen molar-refractivity contribution in [3.63, 3.8) is 0 Å². The van der Waals surface area contributed by atoms with Gasteiger partial charge in [0.1, 0.15) is 5.75 Å². The fourth-order valence-electron chi connectivity index (χ4n) is 1.89. The Hall–Kier alpha value is -1.80. The van der Waals surface area contributed by atoms with Gasteiger partial charge in [0.25, 0.3) is 0 Å². The Bertz CT molecular complexity index is 531. The van der Waals surface area contributed by atoms with Crippen molar-refractivity contribution in [3.8, 4) is 5.75 Å². The monoisotopic (exact) mass is 213 g/mol. The first kappa shape index (κ1) is 10.7. The summed E-state index contributed by atoms with van der Waals surface area (Å²) in [5, 5.41) is 2.31. The summed E-state index contributed by atoms with van der Waals surface area (Å²) in [6, 6.07) is 12.2. The van der Waals surface area contributed by atoms with Crippen LogP contribution < -0.4 is 10.5 Å². The van der Waals surface area contributed by atoms with Gasteiger partial charge in [0, 0.05) is 12.1 Å². The molecule has 2 aromatic carbocycles. The van der Waals surface area contributed by atoms with Gasteiger partial charge in [-0.1, -0.05) is 36.9 Å². The highest BCUT2D eigenvalue weighted by atomic mass is 16.5. The van der Waals surface area contributed by atoms with Crippen LogP contribution in [0.2, 0.25) is 0 Å². The minimum Gasteiger partial charge on any atom is -0.496 e. The maximum Gasteiger partial charge on any atom is 0.127 e. The third-order valence-corrected chi connectivity index (χ3v) is 2.71. The second kappa shape index (κ2) is 4.37. The molecule has 0 bridgehead atoms. The van der Waals surface area contributed by atoms with Gasteiger partial charge in [-0.3, -0.25) is 0 Å². The first-order valence-corrected chi connectivity index (χ1v) is 5.22. The van der Waals surface area contributed by atoms with Crippen molar-refractivity contribution < 1.29 is 4.74 Å². The number of hydrogen-bond acceptors (Lipinski definition) is 2. The molecule has 2 heteroatoms. The molecule has 0 aromatic heterocycles. The minimum atomic E-state index is 0.435. The van der Waals surface area contributed by atoms with Crippen LogP contribution in [0.15, 0.2) is 43.0 Å². The molecule has 0 unspecified atom stereocenters. The average molecular weight is 213 g/mol. The molecule has 2 rings (SSSR count). The lowest BCUT2D eigenvalue weighted by Gasteiger charge is -2.13. The maximum atomic E-state index is 5.66. The summed E-state index contributed by atoms with van der Waals surface area (Å²) in [5.41, 5.74) is 7.58. The quantitative estimate of drug-likeness (QED) is 0.850. The molecule has 0 fully saturated rings. The second-order valence-corrected chi connectivity index (χ2v) is 3.67. The normalized spacial score (nSPS) is 10.4. The van der Waals surface area contributed by atoms with Crippen molar-refractivity contribution in [2.24, 2.45) is 5.73 Å². The summed E-state index contributed by atoms with van der Waals surface area (Å²) in [6.07, 6.45) is 0. The molecule has 0 heterocycles. The molecule has 0 spiro atoms. The summed E-state index contributed by atoms with van der Waals surface area (Å²) in [4.78, 5) is 0. The van der Waals surface area contributed by atoms with Crippen molar-refractivity contribution in [1.82, 2.24) is 0 Å². The molecular weight excluding hydrogens is 198 g/mol. The van der Waals surface area contributed by atoms with Crippen LogP contribution >= 0.6 is 0 Å². The smallest absolute Gasteiger partial charge is 0.127 e. The molecule has 0 radical (unpaired) electrons. The number of rotatable bonds is 3. The Morgan fingerprint density at radius 1 is 1.25 bits per heavy atom. The number of methoxy groups -OCH3 is 1. The van der Waals surface area contributed by atoms with E-state index in [4.69, 9.17) is 10.5 Å². The van der Waals surface area contributed by atoms with Gasteiger partial charge >= 0.3 is 0 Å². The molecule has 0 saturated heterocycles. The average Bonchev–Trinajstić information content (AvgIpc) is 2.36. The van der Waals surface area contributed by atoms with Crippen LogP contribution in [0.1, 0.15) is 5.56 Å². The summed E-state index contributed by atoms with van der Waals surface area (Å²) in [7, 11) is 1.66. The van der Waals surface area contributed by atoms with E-state index in [1.54, 1.807) is 7.11 Å². The largest absolute Gasteiger partial charge is 0.496 e. The number of nitrogens with two attached hydrogens (primary N) is 1. The first-order valence-electron chi connectivity index (χ1n) is 5.22. The van der Waals surface area contributed by atoms with E-state index >= 15 is 0 Å². The van der Waals surface area contributed by atoms with Gasteiger partial charge in [-0.2, -0.15) is 0 Å². The maximum absolute atomic E-state index is 5.66. The molecule has 0 aliphatic heterocycles. The van der Waals surface area contributed by atoms with Crippen LogP contribution in [0.25, 0.3) is 16.3 Å². The van der Waals surface area contributed by atoms with Crippen molar-refractivity contribution in [2.75, 3.05) is 13.7 Å². The fraction of sp³-hybridized carbons (Fsp3) is 0.143. The van der Waals surface area contributed by atoms with E-state index in [1.807, 2.05) is 24.3 Å². The molecule has 2 nitrogen and oxygen atoms in total. The highest BCUT2D eigenvalue weighted by Crippen LogP contribution is 2.32. The molecule has 0 atom stereocenters. The van der Waals surface area contributed by atoms with Gasteiger partial charge in [-0.05, 0) is 22.4 Å². The third kappa shape index (κ3) is 1.68. The van der Waals surface area contributed by atoms with Crippen LogP contribution in [0.3, 0.4) is 0 Å². The lowest BCUT2D eigenvalue weighted by atomic mass is 9.98. The fourth-order valence-corrected chi connectivity index (χ4v) is 1.89. The second-order valence-electron chi connectivity index (χ2n) is 3.67. The van der Waals surface area contributed by atoms with E-state index in [-0.39, 0.29) is 0 Å². The highest BCUT2D eigenvalue weighted by molar-refractivity contribution is 5.96. The highest BCUT2D eigenvalue weighted by Gasteiger charge is 2.09. The van der Waals surface area contributed by atoms with E-state index < -0.39 is 0 Å². The number of ether oxygens (including phenoxy) is 1. The number of fused-ring (bicyclic) bond motifs is 1. The van der Waals surface area contributed by atoms with E-state index in [0.717, 1.165) is 22.3 Å². The summed E-state index contributed by atoms with van der Waals surface area (Å²) in [6.45, 7) is 4.43. The van der Waals surface area contributed by atoms with Crippen molar-refractivity contribution >= 4 is 16.3 Å². The predicted octanol–water partition coefficient (Wildman–Crippen LogP) is 2.82. The first-order chi connectivity index (χ1) is 7.77. The zero-order valence-corrected chi connectivity index (χ0v) is 9.36. The molecule has 0 amide bonds. The zero-order valence-electron chi connectivity index (χ0n) is 9.36. The zero-order chi connectivity index (χ0) is 11.5. The summed E-state index contributed by atoms with van der Waals surface area (Å²) < 4.78 is 5.36. The van der Waals surface area contributed by atoms with Crippen molar-refractivity contribution in [2.45, 2.75) is 0 Å². The van der Waals surface area contributed by atoms with Crippen LogP contribution in [0, 0.1) is 0 Å². The third-order valence-electron chi connectivity index (χ3n) is 2.71. The SMILES string of the molecule is C=C(CN)c1c(OC)ccc2ccccc12. The standard InChI is InChI=1S/C14H15NO/c1-10(9-15)14-12-6-4-3-5-11(12)7-8-13(14)16-2/h3-8H,1,9,15H2,2H3. The topological polar surface area (TPSA) is 35.2 Å². The molecule has 82 valence electrons. The van der Waals surface area contributed by atoms with Crippen molar-refractivity contribution in [3.05, 3.63) is 48.5 Å². The van der Waals surface area contributed by atoms with Crippen molar-refractivity contribution in [1.29, 1.82) is 0 Å². The predicted molar refractivity (Wildman–Crippen MR) is 68.6 cm³/mol. The summed E-state index contributed by atoms with van der Waals surface area (Å²) >= 11 is 0. The van der Waals surface area contributed by atoms with E-state index in [2.05, 4.69) is 18.7 Å². The Labute approximate surface area is 95.3 Å². The number of hydrogen-bond donors (Lipinski definition) is 1. The van der Waals surface area contributed by atoms with Crippen LogP contribution in [-0.4, -0.2) is 13.7 Å². The lowest BCUT2D eigenvalue weighted by Crippen LogP contribution is -2.03. The van der Waals surface area contributed by atoms with E-state index in [0.29, 0.717) is 6.54 Å². The van der Waals surface area contributed by atoms with Gasteiger partial charge in [0.15, 0.2) is 0 Å². The molecule has 2 aromatic rings. The molecule has 0 aliphatic carbocycles.